The van der Waals surface area contributed by atoms with E-state index >= 15 is 0 Å². The summed E-state index contributed by atoms with van der Waals surface area (Å²) in [6.07, 6.45) is -15.5. The van der Waals surface area contributed by atoms with Gasteiger partial charge in [-0.15, -0.1) is 0 Å². The van der Waals surface area contributed by atoms with Crippen molar-refractivity contribution in [3.05, 3.63) is 62.7 Å². The minimum absolute atomic E-state index is 0.0355. The van der Waals surface area contributed by atoms with E-state index in [-0.39, 0.29) is 39.1 Å². The van der Waals surface area contributed by atoms with Crippen LogP contribution in [-0.4, -0.2) is 119 Å². The summed E-state index contributed by atoms with van der Waals surface area (Å²) < 4.78 is 36.3. The number of ketones is 2. The molecule has 6 aliphatic rings. The maximum absolute atomic E-state index is 14.5. The van der Waals surface area contributed by atoms with Crippen LogP contribution in [0.5, 0.6) is 23.0 Å². The first-order chi connectivity index (χ1) is 25.0. The van der Waals surface area contributed by atoms with Crippen molar-refractivity contribution in [1.29, 1.82) is 0 Å². The lowest BCUT2D eigenvalue weighted by atomic mass is 9.74. The molecule has 284 valence electrons. The van der Waals surface area contributed by atoms with Gasteiger partial charge in [0.1, 0.15) is 71.5 Å². The van der Waals surface area contributed by atoms with Gasteiger partial charge in [-0.2, -0.15) is 0 Å². The van der Waals surface area contributed by atoms with E-state index in [1.807, 2.05) is 0 Å². The van der Waals surface area contributed by atoms with Crippen LogP contribution in [0, 0.1) is 0 Å². The van der Waals surface area contributed by atoms with E-state index in [9.17, 15) is 55.5 Å². The Balaban J connectivity index is 1.33. The van der Waals surface area contributed by atoms with E-state index in [1.54, 1.807) is 27.7 Å². The summed E-state index contributed by atoms with van der Waals surface area (Å²) in [5, 5.41) is 98.0. The average Bonchev–Trinajstić information content (AvgIpc) is 3.10. The minimum Gasteiger partial charge on any atom is -0.508 e. The van der Waals surface area contributed by atoms with Gasteiger partial charge in [0.2, 0.25) is 12.1 Å². The first-order valence-corrected chi connectivity index (χ1v) is 17.1. The molecule has 8 rings (SSSR count). The number of rotatable bonds is 3. The Morgan fingerprint density at radius 3 is 2.19 bits per heavy atom. The number of hydrogen-bond donors (Lipinski definition) is 9. The smallest absolute Gasteiger partial charge is 0.266 e. The zero-order chi connectivity index (χ0) is 38.2. The number of phenolic OH excluding ortho intramolecular Hbond substituents is 3. The van der Waals surface area contributed by atoms with Gasteiger partial charge in [-0.3, -0.25) is 9.59 Å². The third-order valence-corrected chi connectivity index (χ3v) is 11.0. The molecule has 0 aromatic heterocycles. The highest BCUT2D eigenvalue weighted by molar-refractivity contribution is 6.15. The van der Waals surface area contributed by atoms with Crippen molar-refractivity contribution in [3.8, 4) is 23.0 Å². The molecule has 0 bridgehead atoms. The molecule has 0 amide bonds. The number of carbonyl (C=O) groups is 2. The molecule has 9 N–H and O–H groups in total. The quantitative estimate of drug-likeness (QED) is 0.195. The van der Waals surface area contributed by atoms with Gasteiger partial charge >= 0.3 is 0 Å². The molecule has 13 atom stereocenters. The minimum atomic E-state index is -2.66. The summed E-state index contributed by atoms with van der Waals surface area (Å²) >= 11 is 0. The molecule has 0 saturated carbocycles. The predicted molar refractivity (Wildman–Crippen MR) is 174 cm³/mol. The zero-order valence-electron chi connectivity index (χ0n) is 28.7. The highest BCUT2D eigenvalue weighted by atomic mass is 16.7. The molecule has 2 saturated heterocycles. The van der Waals surface area contributed by atoms with Gasteiger partial charge in [-0.1, -0.05) is 0 Å². The first-order valence-electron chi connectivity index (χ1n) is 17.1. The lowest BCUT2D eigenvalue weighted by Gasteiger charge is -2.52. The SMILES string of the molecule is C[C@@H]1O[C@H](C)[C@@H](O)c2c(O)c3c(c(O)c21)C(O)=CC(=O)[C@]31O[C@@H]2C3=C(C(=O)c4c(O[C@H]5O[C@@H](CO)[C@H](O)[C@H](O)[C@@H]5O)cc(O)cc42)[C@@H](C)O[C@H](C)[C@H]3O1. The van der Waals surface area contributed by atoms with Gasteiger partial charge in [0, 0.05) is 40.0 Å². The monoisotopic (exact) mass is 742 g/mol. The van der Waals surface area contributed by atoms with Gasteiger partial charge in [-0.05, 0) is 33.8 Å². The summed E-state index contributed by atoms with van der Waals surface area (Å²) in [7, 11) is 0. The van der Waals surface area contributed by atoms with Crippen LogP contribution in [0.25, 0.3) is 5.76 Å². The first kappa shape index (κ1) is 35.9. The summed E-state index contributed by atoms with van der Waals surface area (Å²) in [6, 6.07) is 2.22. The number of benzene rings is 2. The fourth-order valence-electron chi connectivity index (χ4n) is 8.51. The molecule has 2 aromatic rings. The zero-order valence-corrected chi connectivity index (χ0v) is 28.7. The third kappa shape index (κ3) is 4.86. The second kappa shape index (κ2) is 12.2. The van der Waals surface area contributed by atoms with Crippen molar-refractivity contribution in [2.45, 2.75) is 107 Å². The van der Waals surface area contributed by atoms with Crippen molar-refractivity contribution >= 4 is 17.3 Å². The molecule has 0 radical (unpaired) electrons. The van der Waals surface area contributed by atoms with E-state index in [0.29, 0.717) is 0 Å². The molecular weight excluding hydrogens is 704 g/mol. The molecule has 17 nitrogen and oxygen atoms in total. The third-order valence-electron chi connectivity index (χ3n) is 11.0. The van der Waals surface area contributed by atoms with Gasteiger partial charge in [0.15, 0.2) is 5.78 Å². The Bertz CT molecular complexity index is 2000. The molecule has 17 heteroatoms. The molecule has 1 spiro atoms. The second-order valence-electron chi connectivity index (χ2n) is 14.2. The highest BCUT2D eigenvalue weighted by Crippen LogP contribution is 2.61. The van der Waals surface area contributed by atoms with Crippen molar-refractivity contribution < 1.29 is 84.0 Å². The van der Waals surface area contributed by atoms with Gasteiger partial charge < -0.3 is 74.4 Å². The van der Waals surface area contributed by atoms with Crippen LogP contribution < -0.4 is 4.74 Å². The fourth-order valence-corrected chi connectivity index (χ4v) is 8.51. The number of aromatic hydroxyl groups is 3. The maximum Gasteiger partial charge on any atom is 0.266 e. The Labute approximate surface area is 300 Å². The highest BCUT2D eigenvalue weighted by Gasteiger charge is 2.62. The number of fused-ring (bicyclic) bond motifs is 5. The summed E-state index contributed by atoms with van der Waals surface area (Å²) in [5.74, 6) is -7.32. The Morgan fingerprint density at radius 2 is 1.49 bits per heavy atom. The average molecular weight is 743 g/mol. The summed E-state index contributed by atoms with van der Waals surface area (Å²) in [6.45, 7) is 5.56. The second-order valence-corrected chi connectivity index (χ2v) is 14.2. The number of Topliss-reactive ketones (excluding diaryl/α,β-unsaturated/α-hetero) is 1. The van der Waals surface area contributed by atoms with Gasteiger partial charge in [0.25, 0.3) is 5.79 Å². The van der Waals surface area contributed by atoms with Crippen molar-refractivity contribution in [2.24, 2.45) is 0 Å². The summed E-state index contributed by atoms with van der Waals surface area (Å²) in [4.78, 5) is 28.7. The molecule has 2 aromatic carbocycles. The van der Waals surface area contributed by atoms with Crippen LogP contribution in [0.1, 0.15) is 84.2 Å². The van der Waals surface area contributed by atoms with E-state index < -0.39 is 132 Å². The number of aliphatic hydroxyl groups excluding tert-OH is 6. The van der Waals surface area contributed by atoms with Crippen LogP contribution in [0.3, 0.4) is 0 Å². The summed E-state index contributed by atoms with van der Waals surface area (Å²) in [5.41, 5.74) is -1.22. The standard InChI is InChI=1S/C36H38O17/c1-9-19-23(26(41)11(3)48-9)30(45)25-22(29(19)44)15(39)7-18(40)36(25)52-33-12(4)49-10(2)20-24(33)34(53-36)14-5-13(38)6-16(21(14)28(20)43)50-35-32(47)31(46)27(42)17(8-37)51-35/h5-7,9-12,17,26-27,31-35,37-39,41-42,44-47H,8H2,1-4H3/t9-,10+,11+,12+,17-,26+,27-,31-,32-,33+,34-,35-,36-/m0/s1. The number of carbonyl (C=O) groups excluding carboxylic acids is 2. The number of hydrogen-bond acceptors (Lipinski definition) is 17. The molecule has 0 unspecified atom stereocenters. The van der Waals surface area contributed by atoms with Crippen LogP contribution >= 0.6 is 0 Å². The lowest BCUT2D eigenvalue weighted by molar-refractivity contribution is -0.305. The van der Waals surface area contributed by atoms with E-state index in [4.69, 9.17) is 28.4 Å². The number of phenols is 3. The van der Waals surface area contributed by atoms with Crippen LogP contribution in [0.15, 0.2) is 29.4 Å². The largest absolute Gasteiger partial charge is 0.508 e. The van der Waals surface area contributed by atoms with E-state index in [1.165, 1.54) is 6.07 Å². The van der Waals surface area contributed by atoms with Gasteiger partial charge in [-0.25, -0.2) is 0 Å². The van der Waals surface area contributed by atoms with Crippen LogP contribution in [-0.2, 0) is 34.3 Å². The van der Waals surface area contributed by atoms with Gasteiger partial charge in [0.05, 0.1) is 47.7 Å². The fraction of sp³-hybridized carbons (Fsp3) is 0.500. The predicted octanol–water partition coefficient (Wildman–Crippen LogP) is 0.586. The number of aliphatic hydroxyl groups is 6. The topological polar surface area (TPSA) is 272 Å². The Morgan fingerprint density at radius 1 is 0.792 bits per heavy atom. The maximum atomic E-state index is 14.5. The molecule has 4 heterocycles. The molecule has 2 aliphatic carbocycles. The van der Waals surface area contributed by atoms with Crippen molar-refractivity contribution in [3.63, 3.8) is 0 Å². The number of ether oxygens (including phenoxy) is 6. The van der Waals surface area contributed by atoms with E-state index in [2.05, 4.69) is 0 Å². The normalized spacial score (nSPS) is 38.8. The molecule has 4 aliphatic heterocycles. The molecule has 53 heavy (non-hydrogen) atoms. The Kier molecular flexibility index (Phi) is 8.25. The lowest BCUT2D eigenvalue weighted by Crippen LogP contribution is -2.60. The van der Waals surface area contributed by atoms with Crippen molar-refractivity contribution in [2.75, 3.05) is 6.61 Å². The molecule has 2 fully saturated rings. The Hall–Kier alpha value is -4.14. The van der Waals surface area contributed by atoms with Crippen molar-refractivity contribution in [1.82, 2.24) is 0 Å². The van der Waals surface area contributed by atoms with E-state index in [0.717, 1.165) is 12.1 Å². The molecular formula is C36H38O17. The van der Waals surface area contributed by atoms with Crippen LogP contribution in [0.4, 0.5) is 0 Å². The van der Waals surface area contributed by atoms with Crippen LogP contribution in [0.2, 0.25) is 0 Å².